The van der Waals surface area contributed by atoms with E-state index in [1.165, 1.54) is 12.3 Å². The molecule has 0 aliphatic heterocycles. The first-order valence-corrected chi connectivity index (χ1v) is 5.66. The smallest absolute Gasteiger partial charge is 0.256 e. The van der Waals surface area contributed by atoms with Crippen LogP contribution in [0.15, 0.2) is 30.5 Å². The average Bonchev–Trinajstić information content (AvgIpc) is 2.25. The zero-order chi connectivity index (χ0) is 13.6. The summed E-state index contributed by atoms with van der Waals surface area (Å²) in [5, 5.41) is 0.525. The molecule has 96 valence electrons. The summed E-state index contributed by atoms with van der Waals surface area (Å²) in [6.45, 7) is 5.68. The Balaban J connectivity index is 2.81. The zero-order valence-corrected chi connectivity index (χ0v) is 10.5. The van der Waals surface area contributed by atoms with Crippen LogP contribution in [0, 0.1) is 0 Å². The summed E-state index contributed by atoms with van der Waals surface area (Å²) >= 11 is 0. The molecule has 0 unspecified atom stereocenters. The number of fused-ring (bicyclic) bond motifs is 1. The Hall–Kier alpha value is -1.58. The molecule has 0 fully saturated rings. The van der Waals surface area contributed by atoms with Gasteiger partial charge in [-0.05, 0) is 29.2 Å². The molecule has 0 saturated carbocycles. The number of alkyl halides is 3. The lowest BCUT2D eigenvalue weighted by atomic mass is 9.85. The first-order valence-electron chi connectivity index (χ1n) is 5.66. The van der Waals surface area contributed by atoms with E-state index in [9.17, 15) is 13.2 Å². The van der Waals surface area contributed by atoms with Crippen molar-refractivity contribution in [3.63, 3.8) is 0 Å². The van der Waals surface area contributed by atoms with Gasteiger partial charge in [0.05, 0.1) is 11.1 Å². The number of nitrogens with zero attached hydrogens (tertiary/aromatic N) is 1. The van der Waals surface area contributed by atoms with E-state index >= 15 is 0 Å². The Labute approximate surface area is 104 Å². The Kier molecular flexibility index (Phi) is 2.84. The first-order chi connectivity index (χ1) is 8.19. The van der Waals surface area contributed by atoms with E-state index in [0.717, 1.165) is 0 Å². The number of aromatic nitrogens is 1. The van der Waals surface area contributed by atoms with Gasteiger partial charge in [-0.25, -0.2) is 0 Å². The van der Waals surface area contributed by atoms with Crippen LogP contribution in [0.4, 0.5) is 13.2 Å². The Morgan fingerprint density at radius 1 is 1.06 bits per heavy atom. The number of rotatable bonds is 0. The highest BCUT2D eigenvalue weighted by molar-refractivity contribution is 5.83. The van der Waals surface area contributed by atoms with Gasteiger partial charge in [-0.15, -0.1) is 0 Å². The fourth-order valence-electron chi connectivity index (χ4n) is 1.84. The van der Waals surface area contributed by atoms with Gasteiger partial charge in [0.2, 0.25) is 0 Å². The molecule has 0 aliphatic rings. The summed E-state index contributed by atoms with van der Waals surface area (Å²) in [5.74, 6) is 0. The van der Waals surface area contributed by atoms with E-state index in [2.05, 4.69) is 4.98 Å². The third-order valence-electron chi connectivity index (χ3n) is 2.88. The molecule has 0 atom stereocenters. The lowest BCUT2D eigenvalue weighted by Crippen LogP contribution is -2.14. The molecule has 0 amide bonds. The summed E-state index contributed by atoms with van der Waals surface area (Å²) < 4.78 is 39.1. The molecule has 0 aliphatic carbocycles. The Morgan fingerprint density at radius 3 is 2.28 bits per heavy atom. The van der Waals surface area contributed by atoms with Crippen molar-refractivity contribution >= 4 is 10.9 Å². The molecule has 0 spiro atoms. The summed E-state index contributed by atoms with van der Waals surface area (Å²) in [6.07, 6.45) is -3.00. The molecule has 1 aromatic carbocycles. The Morgan fingerprint density at radius 2 is 1.72 bits per heavy atom. The number of pyridine rings is 1. The summed E-state index contributed by atoms with van der Waals surface area (Å²) in [4.78, 5) is 3.85. The molecule has 1 nitrogen and oxygen atoms in total. The van der Waals surface area contributed by atoms with E-state index in [1.54, 1.807) is 18.2 Å². The quantitative estimate of drug-likeness (QED) is 0.671. The second-order valence-corrected chi connectivity index (χ2v) is 5.35. The molecule has 0 radical (unpaired) electrons. The predicted octanol–water partition coefficient (Wildman–Crippen LogP) is 4.55. The van der Waals surface area contributed by atoms with Crippen molar-refractivity contribution in [3.05, 3.63) is 41.6 Å². The van der Waals surface area contributed by atoms with Crippen molar-refractivity contribution in [2.24, 2.45) is 0 Å². The van der Waals surface area contributed by atoms with E-state index in [1.807, 2.05) is 20.8 Å². The normalized spacial score (nSPS) is 13.0. The molecule has 1 aromatic heterocycles. The minimum Gasteiger partial charge on any atom is -0.256 e. The van der Waals surface area contributed by atoms with Gasteiger partial charge in [-0.3, -0.25) is 4.98 Å². The molecule has 18 heavy (non-hydrogen) atoms. The lowest BCUT2D eigenvalue weighted by Gasteiger charge is -2.21. The fraction of sp³-hybridized carbons (Fsp3) is 0.357. The average molecular weight is 253 g/mol. The summed E-state index contributed by atoms with van der Waals surface area (Å²) in [5.41, 5.74) is -0.317. The van der Waals surface area contributed by atoms with Crippen molar-refractivity contribution < 1.29 is 13.2 Å². The summed E-state index contributed by atoms with van der Waals surface area (Å²) in [6, 6.07) is 6.29. The molecule has 0 bridgehead atoms. The molecular weight excluding hydrogens is 239 g/mol. The monoisotopic (exact) mass is 253 g/mol. The van der Waals surface area contributed by atoms with E-state index in [0.29, 0.717) is 10.9 Å². The van der Waals surface area contributed by atoms with Crippen LogP contribution in [0.25, 0.3) is 10.9 Å². The third-order valence-corrected chi connectivity index (χ3v) is 2.88. The lowest BCUT2D eigenvalue weighted by molar-refractivity contribution is -0.136. The standard InChI is InChI=1S/C14H14F3N/c1-13(2,3)10-7-9-5-4-6-18-12(9)11(8-10)14(15,16)17/h4-8H,1-3H3. The highest BCUT2D eigenvalue weighted by Crippen LogP contribution is 2.37. The van der Waals surface area contributed by atoms with Crippen LogP contribution in [-0.2, 0) is 11.6 Å². The van der Waals surface area contributed by atoms with Crippen LogP contribution < -0.4 is 0 Å². The number of halogens is 3. The molecule has 2 rings (SSSR count). The van der Waals surface area contributed by atoms with E-state index in [-0.39, 0.29) is 10.9 Å². The van der Waals surface area contributed by atoms with Crippen LogP contribution in [-0.4, -0.2) is 4.98 Å². The van der Waals surface area contributed by atoms with Crippen molar-refractivity contribution in [1.29, 1.82) is 0 Å². The molecule has 0 saturated heterocycles. The van der Waals surface area contributed by atoms with Crippen molar-refractivity contribution in [2.75, 3.05) is 0 Å². The van der Waals surface area contributed by atoms with Gasteiger partial charge in [0, 0.05) is 11.6 Å². The van der Waals surface area contributed by atoms with Gasteiger partial charge in [0.15, 0.2) is 0 Å². The first kappa shape index (κ1) is 12.9. The van der Waals surface area contributed by atoms with Crippen LogP contribution in [0.1, 0.15) is 31.9 Å². The van der Waals surface area contributed by atoms with Crippen LogP contribution in [0.3, 0.4) is 0 Å². The second-order valence-electron chi connectivity index (χ2n) is 5.35. The number of hydrogen-bond acceptors (Lipinski definition) is 1. The van der Waals surface area contributed by atoms with E-state index < -0.39 is 11.7 Å². The van der Waals surface area contributed by atoms with Gasteiger partial charge >= 0.3 is 6.18 Å². The zero-order valence-electron chi connectivity index (χ0n) is 10.5. The van der Waals surface area contributed by atoms with Crippen molar-refractivity contribution in [1.82, 2.24) is 4.98 Å². The van der Waals surface area contributed by atoms with Crippen LogP contribution in [0.2, 0.25) is 0 Å². The molecule has 0 N–H and O–H groups in total. The largest absolute Gasteiger partial charge is 0.418 e. The van der Waals surface area contributed by atoms with Gasteiger partial charge < -0.3 is 0 Å². The van der Waals surface area contributed by atoms with Gasteiger partial charge in [-0.1, -0.05) is 26.8 Å². The summed E-state index contributed by atoms with van der Waals surface area (Å²) in [7, 11) is 0. The Bertz CT molecular complexity index is 580. The molecule has 2 aromatic rings. The fourth-order valence-corrected chi connectivity index (χ4v) is 1.84. The van der Waals surface area contributed by atoms with Crippen LogP contribution in [0.5, 0.6) is 0 Å². The van der Waals surface area contributed by atoms with Crippen LogP contribution >= 0.6 is 0 Å². The molecular formula is C14H14F3N. The van der Waals surface area contributed by atoms with Gasteiger partial charge in [0.25, 0.3) is 0 Å². The SMILES string of the molecule is CC(C)(C)c1cc(C(F)(F)F)c2ncccc2c1. The minimum absolute atomic E-state index is 0.0120. The minimum atomic E-state index is -4.38. The van der Waals surface area contributed by atoms with Gasteiger partial charge in [-0.2, -0.15) is 13.2 Å². The third kappa shape index (κ3) is 2.33. The maximum Gasteiger partial charge on any atom is 0.418 e. The molecule has 4 heteroatoms. The van der Waals surface area contributed by atoms with Gasteiger partial charge in [0.1, 0.15) is 0 Å². The molecule has 1 heterocycles. The maximum absolute atomic E-state index is 13.0. The second kappa shape index (κ2) is 3.97. The number of benzene rings is 1. The number of hydrogen-bond donors (Lipinski definition) is 0. The van der Waals surface area contributed by atoms with Crippen molar-refractivity contribution in [2.45, 2.75) is 32.4 Å². The van der Waals surface area contributed by atoms with Crippen molar-refractivity contribution in [3.8, 4) is 0 Å². The van der Waals surface area contributed by atoms with E-state index in [4.69, 9.17) is 0 Å². The predicted molar refractivity (Wildman–Crippen MR) is 65.4 cm³/mol. The topological polar surface area (TPSA) is 12.9 Å². The highest BCUT2D eigenvalue weighted by atomic mass is 19.4. The maximum atomic E-state index is 13.0. The highest BCUT2D eigenvalue weighted by Gasteiger charge is 2.34.